The first-order chi connectivity index (χ1) is 15.4. The summed E-state index contributed by atoms with van der Waals surface area (Å²) in [6.45, 7) is 7.04. The number of nitrogens with zero attached hydrogens (tertiary/aromatic N) is 2. The molecule has 3 aromatic rings. The van der Waals surface area contributed by atoms with Gasteiger partial charge in [-0.1, -0.05) is 18.2 Å². The minimum absolute atomic E-state index is 0.153. The number of piperidine rings is 1. The number of likely N-dealkylation sites (tertiary alicyclic amines) is 1. The van der Waals surface area contributed by atoms with Crippen LogP contribution in [0, 0.1) is 0 Å². The molecule has 3 heterocycles. The van der Waals surface area contributed by atoms with Crippen LogP contribution in [0.15, 0.2) is 48.7 Å². The number of Topliss-reactive ketones (excluding diaryl/α,β-unsaturated/α-hetero) is 1. The molecular weight excluding hydrogens is 400 g/mol. The number of ether oxygens (including phenoxy) is 2. The summed E-state index contributed by atoms with van der Waals surface area (Å²) < 4.78 is 14.1. The van der Waals surface area contributed by atoms with Crippen molar-refractivity contribution in [2.45, 2.75) is 51.2 Å². The quantitative estimate of drug-likeness (QED) is 0.551. The number of methoxy groups -OCH3 is 1. The molecule has 5 nitrogen and oxygen atoms in total. The van der Waals surface area contributed by atoms with Crippen molar-refractivity contribution >= 4 is 16.7 Å². The molecule has 168 valence electrons. The average molecular weight is 433 g/mol. The second-order valence-electron chi connectivity index (χ2n) is 9.73. The Kier molecular flexibility index (Phi) is 5.46. The Morgan fingerprint density at radius 2 is 1.91 bits per heavy atom. The van der Waals surface area contributed by atoms with Crippen LogP contribution in [-0.2, 0) is 6.42 Å². The van der Waals surface area contributed by atoms with Crippen LogP contribution < -0.4 is 9.47 Å². The normalized spacial score (nSPS) is 19.0. The molecule has 2 aliphatic heterocycles. The van der Waals surface area contributed by atoms with Gasteiger partial charge in [-0.05, 0) is 62.3 Å². The van der Waals surface area contributed by atoms with Gasteiger partial charge in [-0.25, -0.2) is 0 Å². The van der Waals surface area contributed by atoms with E-state index in [4.69, 9.17) is 9.47 Å². The molecule has 1 aromatic heterocycles. The van der Waals surface area contributed by atoms with E-state index >= 15 is 0 Å². The first kappa shape index (κ1) is 21.1. The molecule has 0 atom stereocenters. The van der Waals surface area contributed by atoms with Gasteiger partial charge in [0.15, 0.2) is 5.78 Å². The largest absolute Gasteiger partial charge is 0.496 e. The van der Waals surface area contributed by atoms with E-state index in [0.717, 1.165) is 50.2 Å². The zero-order valence-corrected chi connectivity index (χ0v) is 19.3. The lowest BCUT2D eigenvalue weighted by Crippen LogP contribution is -2.36. The summed E-state index contributed by atoms with van der Waals surface area (Å²) in [5.41, 5.74) is 2.64. The third-order valence-corrected chi connectivity index (χ3v) is 6.93. The third kappa shape index (κ3) is 4.02. The van der Waals surface area contributed by atoms with Crippen molar-refractivity contribution in [1.29, 1.82) is 0 Å². The summed E-state index contributed by atoms with van der Waals surface area (Å²) in [6, 6.07) is 15.3. The highest BCUT2D eigenvalue weighted by atomic mass is 16.5. The van der Waals surface area contributed by atoms with E-state index in [9.17, 15) is 4.79 Å². The Morgan fingerprint density at radius 3 is 2.69 bits per heavy atom. The van der Waals surface area contributed by atoms with Crippen LogP contribution in [0.2, 0.25) is 0 Å². The number of hydrogen-bond donors (Lipinski definition) is 0. The maximum atomic E-state index is 12.7. The number of fused-ring (bicyclic) bond motifs is 2. The van der Waals surface area contributed by atoms with E-state index in [-0.39, 0.29) is 5.78 Å². The lowest BCUT2D eigenvalue weighted by Gasteiger charge is -2.34. The second-order valence-corrected chi connectivity index (χ2v) is 9.73. The molecule has 0 radical (unpaired) electrons. The van der Waals surface area contributed by atoms with Crippen LogP contribution in [0.1, 0.15) is 55.1 Å². The van der Waals surface area contributed by atoms with Gasteiger partial charge < -0.3 is 18.9 Å². The Morgan fingerprint density at radius 1 is 1.12 bits per heavy atom. The van der Waals surface area contributed by atoms with E-state index in [0.29, 0.717) is 23.8 Å². The topological polar surface area (TPSA) is 43.7 Å². The summed E-state index contributed by atoms with van der Waals surface area (Å²) in [5, 5.41) is 1.32. The molecule has 2 aromatic carbocycles. The van der Waals surface area contributed by atoms with Gasteiger partial charge in [0.05, 0.1) is 19.1 Å². The van der Waals surface area contributed by atoms with Crippen LogP contribution >= 0.6 is 0 Å². The number of ketones is 1. The van der Waals surface area contributed by atoms with Crippen LogP contribution in [0.5, 0.6) is 11.5 Å². The number of carbonyl (C=O) groups excluding carboxylic acids is 1. The summed E-state index contributed by atoms with van der Waals surface area (Å²) in [7, 11) is 1.69. The van der Waals surface area contributed by atoms with Crippen LogP contribution in [0.25, 0.3) is 10.9 Å². The zero-order valence-electron chi connectivity index (χ0n) is 19.3. The summed E-state index contributed by atoms with van der Waals surface area (Å²) in [4.78, 5) is 15.2. The van der Waals surface area contributed by atoms with Gasteiger partial charge in [0.1, 0.15) is 17.1 Å². The van der Waals surface area contributed by atoms with E-state index < -0.39 is 5.60 Å². The van der Waals surface area contributed by atoms with Crippen molar-refractivity contribution in [1.82, 2.24) is 9.47 Å². The Labute approximate surface area is 189 Å². The lowest BCUT2D eigenvalue weighted by atomic mass is 9.91. The van der Waals surface area contributed by atoms with Crippen molar-refractivity contribution in [3.05, 3.63) is 59.8 Å². The Hall–Kier alpha value is -2.79. The van der Waals surface area contributed by atoms with Gasteiger partial charge in [0.2, 0.25) is 0 Å². The number of benzene rings is 2. The predicted octanol–water partition coefficient (Wildman–Crippen LogP) is 5.27. The first-order valence-electron chi connectivity index (χ1n) is 11.6. The van der Waals surface area contributed by atoms with Gasteiger partial charge >= 0.3 is 0 Å². The summed E-state index contributed by atoms with van der Waals surface area (Å²) in [5.74, 6) is 1.61. The van der Waals surface area contributed by atoms with E-state index in [1.54, 1.807) is 7.11 Å². The fourth-order valence-electron chi connectivity index (χ4n) is 5.23. The van der Waals surface area contributed by atoms with Gasteiger partial charge in [0, 0.05) is 43.5 Å². The van der Waals surface area contributed by atoms with Gasteiger partial charge in [0.25, 0.3) is 0 Å². The molecule has 0 bridgehead atoms. The van der Waals surface area contributed by atoms with Gasteiger partial charge in [-0.3, -0.25) is 4.79 Å². The van der Waals surface area contributed by atoms with E-state index in [2.05, 4.69) is 46.0 Å². The van der Waals surface area contributed by atoms with Crippen LogP contribution in [-0.4, -0.2) is 47.6 Å². The molecular formula is C27H32N2O3. The SMILES string of the molecule is COc1cc2c(cc1CCN1CCC(n3ccc4ccccc43)CC1)C(=O)CC(C)(C)O2. The monoisotopic (exact) mass is 432 g/mol. The highest BCUT2D eigenvalue weighted by Crippen LogP contribution is 2.38. The Bertz CT molecular complexity index is 1140. The Balaban J connectivity index is 1.24. The molecule has 5 rings (SSSR count). The fourth-order valence-corrected chi connectivity index (χ4v) is 5.23. The van der Waals surface area contributed by atoms with Gasteiger partial charge in [-0.2, -0.15) is 0 Å². The molecule has 5 heteroatoms. The molecule has 0 saturated carbocycles. The summed E-state index contributed by atoms with van der Waals surface area (Å²) >= 11 is 0. The molecule has 0 unspecified atom stereocenters. The molecule has 0 amide bonds. The molecule has 32 heavy (non-hydrogen) atoms. The predicted molar refractivity (Wildman–Crippen MR) is 127 cm³/mol. The van der Waals surface area contributed by atoms with Crippen LogP contribution in [0.4, 0.5) is 0 Å². The van der Waals surface area contributed by atoms with Crippen LogP contribution in [0.3, 0.4) is 0 Å². The average Bonchev–Trinajstić information content (AvgIpc) is 3.21. The van der Waals surface area contributed by atoms with Crippen molar-refractivity contribution in [2.75, 3.05) is 26.7 Å². The lowest BCUT2D eigenvalue weighted by molar-refractivity contribution is 0.0618. The zero-order chi connectivity index (χ0) is 22.3. The maximum Gasteiger partial charge on any atom is 0.170 e. The molecule has 2 aliphatic rings. The van der Waals surface area contributed by atoms with Crippen molar-refractivity contribution in [3.8, 4) is 11.5 Å². The number of para-hydroxylation sites is 1. The molecule has 0 aliphatic carbocycles. The third-order valence-electron chi connectivity index (χ3n) is 6.93. The number of rotatable bonds is 5. The molecule has 0 spiro atoms. The summed E-state index contributed by atoms with van der Waals surface area (Å²) in [6.07, 6.45) is 5.82. The maximum absolute atomic E-state index is 12.7. The molecule has 0 N–H and O–H groups in total. The highest BCUT2D eigenvalue weighted by Gasteiger charge is 2.33. The fraction of sp³-hybridized carbons (Fsp3) is 0.444. The molecule has 1 fully saturated rings. The van der Waals surface area contributed by atoms with E-state index in [1.807, 2.05) is 26.0 Å². The van der Waals surface area contributed by atoms with E-state index in [1.165, 1.54) is 10.9 Å². The standard InChI is InChI=1S/C27H32N2O3/c1-27(2)18-24(30)22-16-20(25(31-3)17-26(22)32-27)8-12-28-13-10-21(11-14-28)29-15-9-19-6-4-5-7-23(19)29/h4-7,9,15-17,21H,8,10-14,18H2,1-3H3. The first-order valence-corrected chi connectivity index (χ1v) is 11.6. The number of aromatic nitrogens is 1. The minimum Gasteiger partial charge on any atom is -0.496 e. The van der Waals surface area contributed by atoms with Crippen molar-refractivity contribution in [2.24, 2.45) is 0 Å². The number of hydrogen-bond acceptors (Lipinski definition) is 4. The number of carbonyl (C=O) groups is 1. The highest BCUT2D eigenvalue weighted by molar-refractivity contribution is 6.00. The second kappa shape index (κ2) is 8.28. The minimum atomic E-state index is -0.466. The van der Waals surface area contributed by atoms with Crippen molar-refractivity contribution < 1.29 is 14.3 Å². The van der Waals surface area contributed by atoms with Crippen molar-refractivity contribution in [3.63, 3.8) is 0 Å². The smallest absolute Gasteiger partial charge is 0.170 e. The van der Waals surface area contributed by atoms with Gasteiger partial charge in [-0.15, -0.1) is 0 Å². The molecule has 1 saturated heterocycles.